The lowest BCUT2D eigenvalue weighted by Crippen LogP contribution is -2.07. The molecule has 2 aromatic rings. The van der Waals surface area contributed by atoms with Gasteiger partial charge in [0.1, 0.15) is 5.75 Å². The minimum Gasteiger partial charge on any atom is -0.473 e. The zero-order valence-electron chi connectivity index (χ0n) is 10.4. The van der Waals surface area contributed by atoms with Gasteiger partial charge in [-0.1, -0.05) is 36.3 Å². The van der Waals surface area contributed by atoms with Gasteiger partial charge in [0.05, 0.1) is 5.56 Å². The van der Waals surface area contributed by atoms with Crippen LogP contribution < -0.4 is 4.74 Å². The minimum absolute atomic E-state index is 0.296. The second-order valence-electron chi connectivity index (χ2n) is 4.10. The van der Waals surface area contributed by atoms with Crippen molar-refractivity contribution in [3.05, 3.63) is 65.7 Å². The van der Waals surface area contributed by atoms with Gasteiger partial charge < -0.3 is 4.74 Å². The summed E-state index contributed by atoms with van der Waals surface area (Å²) in [5.74, 6) is 2.76. The molecule has 0 radical (unpaired) electrons. The highest BCUT2D eigenvalue weighted by Gasteiger charge is 2.30. The zero-order chi connectivity index (χ0) is 14.6. The highest BCUT2D eigenvalue weighted by molar-refractivity contribution is 5.31. The van der Waals surface area contributed by atoms with Crippen LogP contribution in [0.3, 0.4) is 0 Å². The third kappa shape index (κ3) is 3.33. The van der Waals surface area contributed by atoms with Crippen molar-refractivity contribution < 1.29 is 17.9 Å². The number of alkyl halides is 3. The Balaban J connectivity index is 2.15. The molecular formula is C16H11F3O. The van der Waals surface area contributed by atoms with E-state index in [-0.39, 0.29) is 0 Å². The third-order valence-corrected chi connectivity index (χ3v) is 2.69. The number of hydrogen-bond acceptors (Lipinski definition) is 1. The van der Waals surface area contributed by atoms with Gasteiger partial charge in [0.25, 0.3) is 0 Å². The molecule has 0 spiro atoms. The van der Waals surface area contributed by atoms with Crippen LogP contribution in [0, 0.1) is 12.3 Å². The lowest BCUT2D eigenvalue weighted by Gasteiger charge is -2.15. The molecule has 0 aliphatic heterocycles. The fourth-order valence-corrected chi connectivity index (χ4v) is 1.68. The fraction of sp³-hybridized carbons (Fsp3) is 0.125. The molecule has 20 heavy (non-hydrogen) atoms. The molecular weight excluding hydrogens is 265 g/mol. The quantitative estimate of drug-likeness (QED) is 0.752. The molecule has 1 atom stereocenters. The predicted octanol–water partition coefficient (Wildman–Crippen LogP) is 4.46. The summed E-state index contributed by atoms with van der Waals surface area (Å²) in [6.45, 7) is 0. The van der Waals surface area contributed by atoms with Gasteiger partial charge in [-0.15, -0.1) is 6.42 Å². The van der Waals surface area contributed by atoms with Crippen LogP contribution in [0.15, 0.2) is 54.6 Å². The van der Waals surface area contributed by atoms with E-state index < -0.39 is 17.8 Å². The maximum Gasteiger partial charge on any atom is 0.416 e. The Morgan fingerprint density at radius 1 is 0.950 bits per heavy atom. The van der Waals surface area contributed by atoms with Crippen LogP contribution in [0.25, 0.3) is 0 Å². The molecule has 0 aliphatic rings. The molecule has 0 unspecified atom stereocenters. The Morgan fingerprint density at radius 2 is 1.55 bits per heavy atom. The Hall–Kier alpha value is -2.41. The van der Waals surface area contributed by atoms with Gasteiger partial charge >= 0.3 is 6.18 Å². The van der Waals surface area contributed by atoms with Gasteiger partial charge in [0, 0.05) is 5.56 Å². The highest BCUT2D eigenvalue weighted by atomic mass is 19.4. The summed E-state index contributed by atoms with van der Waals surface area (Å²) < 4.78 is 42.8. The predicted molar refractivity (Wildman–Crippen MR) is 70.1 cm³/mol. The standard InChI is InChI=1S/C16H11F3O/c1-2-15(12-6-4-3-5-7-12)20-14-10-8-13(9-11-14)16(17,18)19/h1,3-11,15H/t15-/m1/s1. The maximum atomic E-state index is 12.4. The van der Waals surface area contributed by atoms with Crippen molar-refractivity contribution in [1.82, 2.24) is 0 Å². The van der Waals surface area contributed by atoms with Crippen LogP contribution in [0.5, 0.6) is 5.75 Å². The van der Waals surface area contributed by atoms with Gasteiger partial charge in [0.15, 0.2) is 6.10 Å². The van der Waals surface area contributed by atoms with Crippen molar-refractivity contribution in [3.63, 3.8) is 0 Å². The van der Waals surface area contributed by atoms with Crippen LogP contribution in [0.2, 0.25) is 0 Å². The maximum absolute atomic E-state index is 12.4. The molecule has 0 bridgehead atoms. The number of hydrogen-bond donors (Lipinski definition) is 0. The Kier molecular flexibility index (Phi) is 3.99. The Labute approximate surface area is 115 Å². The molecule has 0 saturated heterocycles. The SMILES string of the molecule is C#C[C@@H](Oc1ccc(C(F)(F)F)cc1)c1ccccc1. The second-order valence-corrected chi connectivity index (χ2v) is 4.10. The van der Waals surface area contributed by atoms with Crippen LogP contribution >= 0.6 is 0 Å². The number of benzene rings is 2. The molecule has 1 nitrogen and oxygen atoms in total. The topological polar surface area (TPSA) is 9.23 Å². The first-order valence-corrected chi connectivity index (χ1v) is 5.85. The summed E-state index contributed by atoms with van der Waals surface area (Å²) in [5.41, 5.74) is 0.0525. The first kappa shape index (κ1) is 14.0. The van der Waals surface area contributed by atoms with Crippen LogP contribution in [-0.4, -0.2) is 0 Å². The minimum atomic E-state index is -4.36. The second kappa shape index (κ2) is 5.70. The van der Waals surface area contributed by atoms with Crippen LogP contribution in [0.1, 0.15) is 17.2 Å². The number of rotatable bonds is 3. The molecule has 4 heteroatoms. The van der Waals surface area contributed by atoms with Gasteiger partial charge in [-0.2, -0.15) is 13.2 Å². The van der Waals surface area contributed by atoms with E-state index in [1.807, 2.05) is 18.2 Å². The Morgan fingerprint density at radius 3 is 2.05 bits per heavy atom. The summed E-state index contributed by atoms with van der Waals surface area (Å²) in [6.07, 6.45) is 0.408. The van der Waals surface area contributed by atoms with Crippen molar-refractivity contribution in [2.24, 2.45) is 0 Å². The van der Waals surface area contributed by atoms with E-state index in [2.05, 4.69) is 5.92 Å². The number of ether oxygens (including phenoxy) is 1. The van der Waals surface area contributed by atoms with E-state index >= 15 is 0 Å². The summed E-state index contributed by atoms with van der Waals surface area (Å²) in [4.78, 5) is 0. The van der Waals surface area contributed by atoms with Gasteiger partial charge in [-0.05, 0) is 24.3 Å². The van der Waals surface area contributed by atoms with Gasteiger partial charge in [-0.3, -0.25) is 0 Å². The third-order valence-electron chi connectivity index (χ3n) is 2.69. The lowest BCUT2D eigenvalue weighted by atomic mass is 10.1. The normalized spacial score (nSPS) is 12.5. The average molecular weight is 276 g/mol. The molecule has 0 aromatic heterocycles. The van der Waals surface area contributed by atoms with Gasteiger partial charge in [-0.25, -0.2) is 0 Å². The smallest absolute Gasteiger partial charge is 0.416 e. The van der Waals surface area contributed by atoms with E-state index in [1.165, 1.54) is 12.1 Å². The van der Waals surface area contributed by atoms with Crippen molar-refractivity contribution in [2.45, 2.75) is 12.3 Å². The molecule has 102 valence electrons. The molecule has 0 aliphatic carbocycles. The molecule has 0 heterocycles. The van der Waals surface area contributed by atoms with E-state index in [0.717, 1.165) is 17.7 Å². The van der Waals surface area contributed by atoms with Crippen LogP contribution in [0.4, 0.5) is 13.2 Å². The summed E-state index contributed by atoms with van der Waals surface area (Å²) in [5, 5.41) is 0. The molecule has 0 N–H and O–H groups in total. The van der Waals surface area contributed by atoms with Gasteiger partial charge in [0.2, 0.25) is 0 Å². The highest BCUT2D eigenvalue weighted by Crippen LogP contribution is 2.31. The largest absolute Gasteiger partial charge is 0.473 e. The average Bonchev–Trinajstić information content (AvgIpc) is 2.45. The van der Waals surface area contributed by atoms with Crippen molar-refractivity contribution in [3.8, 4) is 18.1 Å². The Bertz CT molecular complexity index is 594. The summed E-state index contributed by atoms with van der Waals surface area (Å²) >= 11 is 0. The van der Waals surface area contributed by atoms with Crippen molar-refractivity contribution in [1.29, 1.82) is 0 Å². The zero-order valence-corrected chi connectivity index (χ0v) is 10.4. The first-order valence-electron chi connectivity index (χ1n) is 5.85. The van der Waals surface area contributed by atoms with E-state index in [4.69, 9.17) is 11.2 Å². The summed E-state index contributed by atoms with van der Waals surface area (Å²) in [7, 11) is 0. The monoisotopic (exact) mass is 276 g/mol. The van der Waals surface area contributed by atoms with E-state index in [1.54, 1.807) is 12.1 Å². The number of halogens is 3. The van der Waals surface area contributed by atoms with E-state index in [9.17, 15) is 13.2 Å². The molecule has 2 aromatic carbocycles. The van der Waals surface area contributed by atoms with Crippen LogP contribution in [-0.2, 0) is 6.18 Å². The lowest BCUT2D eigenvalue weighted by molar-refractivity contribution is -0.137. The molecule has 0 fully saturated rings. The molecule has 0 amide bonds. The fourth-order valence-electron chi connectivity index (χ4n) is 1.68. The van der Waals surface area contributed by atoms with E-state index in [0.29, 0.717) is 5.75 Å². The van der Waals surface area contributed by atoms with Crippen molar-refractivity contribution >= 4 is 0 Å². The summed E-state index contributed by atoms with van der Waals surface area (Å²) in [6, 6.07) is 13.5. The molecule has 0 saturated carbocycles. The van der Waals surface area contributed by atoms with Crippen molar-refractivity contribution in [2.75, 3.05) is 0 Å². The number of terminal acetylenes is 1. The molecule has 2 rings (SSSR count). The first-order chi connectivity index (χ1) is 9.50.